The fourth-order valence-electron chi connectivity index (χ4n) is 2.99. The lowest BCUT2D eigenvalue weighted by molar-refractivity contribution is -0.147. The number of hydrogen-bond acceptors (Lipinski definition) is 3. The molecular formula is C20H20FNO3. The Hall–Kier alpha value is -2.66. The predicted molar refractivity (Wildman–Crippen MR) is 95.3 cm³/mol. The van der Waals surface area contributed by atoms with Gasteiger partial charge in [-0.2, -0.15) is 0 Å². The molecule has 2 aromatic rings. The van der Waals surface area contributed by atoms with Gasteiger partial charge in [0.15, 0.2) is 0 Å². The highest BCUT2D eigenvalue weighted by atomic mass is 19.1. The molecule has 1 aliphatic heterocycles. The predicted octanol–water partition coefficient (Wildman–Crippen LogP) is 4.28. The zero-order valence-electron chi connectivity index (χ0n) is 14.0. The molecule has 5 heteroatoms. The maximum absolute atomic E-state index is 14.5. The number of furan rings is 1. The highest BCUT2D eigenvalue weighted by molar-refractivity contribution is 5.71. The Morgan fingerprint density at radius 3 is 2.80 bits per heavy atom. The van der Waals surface area contributed by atoms with Crippen molar-refractivity contribution in [3.05, 3.63) is 59.6 Å². The molecule has 1 aliphatic rings. The van der Waals surface area contributed by atoms with Crippen molar-refractivity contribution in [3.8, 4) is 11.3 Å². The second-order valence-corrected chi connectivity index (χ2v) is 6.18. The van der Waals surface area contributed by atoms with E-state index in [2.05, 4.69) is 6.58 Å². The monoisotopic (exact) mass is 341 g/mol. The topological polar surface area (TPSA) is 53.7 Å². The van der Waals surface area contributed by atoms with Crippen LogP contribution in [0.5, 0.6) is 0 Å². The van der Waals surface area contributed by atoms with E-state index in [0.717, 1.165) is 11.1 Å². The lowest BCUT2D eigenvalue weighted by atomic mass is 9.99. The van der Waals surface area contributed by atoms with Crippen LogP contribution in [0.4, 0.5) is 4.39 Å². The van der Waals surface area contributed by atoms with Gasteiger partial charge in [-0.25, -0.2) is 4.39 Å². The van der Waals surface area contributed by atoms with Crippen molar-refractivity contribution >= 4 is 18.1 Å². The van der Waals surface area contributed by atoms with Crippen LogP contribution in [-0.4, -0.2) is 29.1 Å². The minimum atomic E-state index is -0.773. The van der Waals surface area contributed by atoms with Gasteiger partial charge in [-0.1, -0.05) is 24.8 Å². The van der Waals surface area contributed by atoms with Crippen molar-refractivity contribution in [3.63, 3.8) is 0 Å². The number of rotatable bonds is 6. The van der Waals surface area contributed by atoms with E-state index >= 15 is 0 Å². The van der Waals surface area contributed by atoms with Crippen LogP contribution in [-0.2, 0) is 11.3 Å². The van der Waals surface area contributed by atoms with E-state index < -0.39 is 5.97 Å². The second-order valence-electron chi connectivity index (χ2n) is 6.18. The molecule has 130 valence electrons. The van der Waals surface area contributed by atoms with Crippen molar-refractivity contribution in [2.75, 3.05) is 13.1 Å². The summed E-state index contributed by atoms with van der Waals surface area (Å²) in [5.41, 5.74) is 2.07. The molecule has 2 heterocycles. The third-order valence-electron chi connectivity index (χ3n) is 4.33. The molecule has 3 rings (SSSR count). The summed E-state index contributed by atoms with van der Waals surface area (Å²) in [6.07, 6.45) is 5.38. The summed E-state index contributed by atoms with van der Waals surface area (Å²) in [6.45, 7) is 7.17. The first-order valence-corrected chi connectivity index (χ1v) is 8.14. The van der Waals surface area contributed by atoms with E-state index in [1.54, 1.807) is 18.2 Å². The third kappa shape index (κ3) is 3.56. The first-order chi connectivity index (χ1) is 12.0. The van der Waals surface area contributed by atoms with Crippen molar-refractivity contribution in [2.24, 2.45) is 5.92 Å². The molecule has 0 saturated carbocycles. The fraction of sp³-hybridized carbons (Fsp3) is 0.250. The van der Waals surface area contributed by atoms with Crippen LogP contribution in [0.15, 0.2) is 41.3 Å². The van der Waals surface area contributed by atoms with E-state index in [1.165, 1.54) is 6.07 Å². The third-order valence-corrected chi connectivity index (χ3v) is 4.33. The fourth-order valence-corrected chi connectivity index (χ4v) is 2.99. The Bertz CT molecular complexity index is 831. The zero-order chi connectivity index (χ0) is 18.0. The lowest BCUT2D eigenvalue weighted by Gasteiger charge is -2.36. The van der Waals surface area contributed by atoms with Gasteiger partial charge in [-0.15, -0.1) is 0 Å². The van der Waals surface area contributed by atoms with Crippen LogP contribution in [0.1, 0.15) is 23.8 Å². The number of carboxylic acid groups (broad SMARTS) is 1. The quantitative estimate of drug-likeness (QED) is 0.852. The highest BCUT2D eigenvalue weighted by Gasteiger charge is 2.32. The van der Waals surface area contributed by atoms with Crippen LogP contribution >= 0.6 is 0 Å². The highest BCUT2D eigenvalue weighted by Crippen LogP contribution is 2.30. The van der Waals surface area contributed by atoms with Gasteiger partial charge in [-0.05, 0) is 36.8 Å². The Labute approximate surface area is 145 Å². The van der Waals surface area contributed by atoms with Crippen molar-refractivity contribution in [1.29, 1.82) is 0 Å². The van der Waals surface area contributed by atoms with Gasteiger partial charge >= 0.3 is 5.97 Å². The number of allylic oxidation sites excluding steroid dienone is 1. The summed E-state index contributed by atoms with van der Waals surface area (Å²) < 4.78 is 20.2. The molecule has 1 saturated heterocycles. The summed E-state index contributed by atoms with van der Waals surface area (Å²) in [7, 11) is 0. The Balaban J connectivity index is 1.76. The van der Waals surface area contributed by atoms with E-state index in [-0.39, 0.29) is 11.7 Å². The minimum Gasteiger partial charge on any atom is -0.481 e. The van der Waals surface area contributed by atoms with Gasteiger partial charge in [0.25, 0.3) is 0 Å². The smallest absolute Gasteiger partial charge is 0.309 e. The van der Waals surface area contributed by atoms with Gasteiger partial charge in [-0.3, -0.25) is 9.69 Å². The van der Waals surface area contributed by atoms with Gasteiger partial charge in [0.1, 0.15) is 17.3 Å². The second kappa shape index (κ2) is 7.07. The van der Waals surface area contributed by atoms with Gasteiger partial charge in [0.05, 0.1) is 11.5 Å². The number of aliphatic carboxylic acids is 1. The molecule has 25 heavy (non-hydrogen) atoms. The van der Waals surface area contributed by atoms with Crippen LogP contribution in [0.25, 0.3) is 23.5 Å². The minimum absolute atomic E-state index is 0.311. The van der Waals surface area contributed by atoms with E-state index in [9.17, 15) is 9.18 Å². The van der Waals surface area contributed by atoms with Gasteiger partial charge < -0.3 is 9.52 Å². The molecular weight excluding hydrogens is 321 g/mol. The first kappa shape index (κ1) is 17.2. The molecule has 1 N–H and O–H groups in total. The molecule has 0 amide bonds. The molecule has 0 spiro atoms. The standard InChI is InChI=1S/C20H20FNO3/c1-3-5-14-9-19(25-18(14)4-2)16-7-6-13(8-17(16)21)10-22-11-15(12-22)20(23)24/h3-9,15H,2,10-12H2,1H3,(H,23,24)/b5-3-. The average Bonchev–Trinajstić information content (AvgIpc) is 2.93. The number of carboxylic acids is 1. The molecule has 0 radical (unpaired) electrons. The summed E-state index contributed by atoms with van der Waals surface area (Å²) in [6, 6.07) is 6.82. The molecule has 0 bridgehead atoms. The number of hydrogen-bond donors (Lipinski definition) is 1. The van der Waals surface area contributed by atoms with Gasteiger partial charge in [0, 0.05) is 25.2 Å². The summed E-state index contributed by atoms with van der Waals surface area (Å²) in [4.78, 5) is 12.8. The van der Waals surface area contributed by atoms with Crippen molar-refractivity contribution in [2.45, 2.75) is 13.5 Å². The summed E-state index contributed by atoms with van der Waals surface area (Å²) >= 11 is 0. The largest absolute Gasteiger partial charge is 0.481 e. The van der Waals surface area contributed by atoms with E-state index in [0.29, 0.717) is 36.7 Å². The molecule has 1 aromatic heterocycles. The molecule has 0 atom stereocenters. The maximum atomic E-state index is 14.5. The summed E-state index contributed by atoms with van der Waals surface area (Å²) in [5, 5.41) is 8.90. The SMILES string of the molecule is C=Cc1oc(-c2ccc(CN3CC(C(=O)O)C3)cc2F)cc1/C=C\C. The first-order valence-electron chi connectivity index (χ1n) is 8.14. The number of benzene rings is 1. The van der Waals surface area contributed by atoms with Crippen LogP contribution in [0.2, 0.25) is 0 Å². The Morgan fingerprint density at radius 1 is 1.44 bits per heavy atom. The van der Waals surface area contributed by atoms with Crippen LogP contribution in [0.3, 0.4) is 0 Å². The Kier molecular flexibility index (Phi) is 4.86. The average molecular weight is 341 g/mol. The molecule has 1 fully saturated rings. The van der Waals surface area contributed by atoms with Crippen molar-refractivity contribution < 1.29 is 18.7 Å². The number of likely N-dealkylation sites (tertiary alicyclic amines) is 1. The molecule has 0 unspecified atom stereocenters. The van der Waals surface area contributed by atoms with E-state index in [1.807, 2.05) is 30.0 Å². The van der Waals surface area contributed by atoms with Crippen LogP contribution in [0, 0.1) is 11.7 Å². The van der Waals surface area contributed by atoms with Crippen molar-refractivity contribution in [1.82, 2.24) is 4.90 Å². The summed E-state index contributed by atoms with van der Waals surface area (Å²) in [5.74, 6) is -0.372. The van der Waals surface area contributed by atoms with Crippen LogP contribution < -0.4 is 0 Å². The molecule has 4 nitrogen and oxygen atoms in total. The molecule has 0 aliphatic carbocycles. The maximum Gasteiger partial charge on any atom is 0.309 e. The number of nitrogens with zero attached hydrogens (tertiary/aromatic N) is 1. The van der Waals surface area contributed by atoms with Gasteiger partial charge in [0.2, 0.25) is 0 Å². The Morgan fingerprint density at radius 2 is 2.20 bits per heavy atom. The molecule has 1 aromatic carbocycles. The van der Waals surface area contributed by atoms with E-state index in [4.69, 9.17) is 9.52 Å². The lowest BCUT2D eigenvalue weighted by Crippen LogP contribution is -2.49. The number of halogens is 1. The number of carbonyl (C=O) groups is 1. The zero-order valence-corrected chi connectivity index (χ0v) is 14.0. The normalized spacial score (nSPS) is 15.4.